The minimum Gasteiger partial charge on any atom is -0.338 e. The van der Waals surface area contributed by atoms with Crippen LogP contribution in [0.1, 0.15) is 68.4 Å². The second-order valence-corrected chi connectivity index (χ2v) is 6.62. The van der Waals surface area contributed by atoms with Crippen molar-refractivity contribution in [3.05, 3.63) is 23.4 Å². The average Bonchev–Trinajstić information content (AvgIpc) is 3.30. The van der Waals surface area contributed by atoms with E-state index in [9.17, 15) is 0 Å². The smallest absolute Gasteiger partial charge is 0.243 e. The summed E-state index contributed by atoms with van der Waals surface area (Å²) >= 11 is 0. The van der Waals surface area contributed by atoms with Crippen LogP contribution >= 0.6 is 0 Å². The van der Waals surface area contributed by atoms with E-state index in [1.807, 2.05) is 6.92 Å². The summed E-state index contributed by atoms with van der Waals surface area (Å²) < 4.78 is 7.74. The van der Waals surface area contributed by atoms with Crippen molar-refractivity contribution < 1.29 is 4.52 Å². The summed E-state index contributed by atoms with van der Waals surface area (Å²) in [5.41, 5.74) is 0. The van der Waals surface area contributed by atoms with Crippen molar-refractivity contribution in [3.63, 3.8) is 0 Å². The first-order valence-corrected chi connectivity index (χ1v) is 8.74. The topological polar surface area (TPSA) is 72.9 Å². The highest BCUT2D eigenvalue weighted by Crippen LogP contribution is 2.32. The molecule has 0 N–H and O–H groups in total. The highest BCUT2D eigenvalue weighted by molar-refractivity contribution is 5.07. The molecule has 2 aromatic rings. The van der Waals surface area contributed by atoms with E-state index in [0.717, 1.165) is 57.0 Å². The molecule has 0 spiro atoms. The van der Waals surface area contributed by atoms with Crippen molar-refractivity contribution in [2.75, 3.05) is 13.1 Å². The molecule has 4 rings (SSSR count). The number of aromatic nitrogens is 5. The SMILES string of the molecule is CCc1noc(C(C)N2CCC(c3nnc4n3CCC4)CC2)n1. The minimum absolute atomic E-state index is 0.188. The van der Waals surface area contributed by atoms with Gasteiger partial charge in [0.05, 0.1) is 6.04 Å². The summed E-state index contributed by atoms with van der Waals surface area (Å²) in [4.78, 5) is 6.91. The van der Waals surface area contributed by atoms with Gasteiger partial charge >= 0.3 is 0 Å². The fraction of sp³-hybridized carbons (Fsp3) is 0.750. The molecule has 124 valence electrons. The first-order chi connectivity index (χ1) is 11.3. The van der Waals surface area contributed by atoms with E-state index < -0.39 is 0 Å². The molecular formula is C16H24N6O. The van der Waals surface area contributed by atoms with E-state index in [1.165, 1.54) is 18.1 Å². The van der Waals surface area contributed by atoms with Crippen LogP contribution in [0.2, 0.25) is 0 Å². The predicted molar refractivity (Wildman–Crippen MR) is 84.0 cm³/mol. The zero-order valence-electron chi connectivity index (χ0n) is 13.9. The van der Waals surface area contributed by atoms with Crippen LogP contribution in [-0.4, -0.2) is 42.9 Å². The number of hydrogen-bond donors (Lipinski definition) is 0. The van der Waals surface area contributed by atoms with E-state index in [1.54, 1.807) is 0 Å². The Kier molecular flexibility index (Phi) is 3.88. The van der Waals surface area contributed by atoms with E-state index in [4.69, 9.17) is 4.52 Å². The summed E-state index contributed by atoms with van der Waals surface area (Å²) in [5.74, 6) is 4.45. The second-order valence-electron chi connectivity index (χ2n) is 6.62. The van der Waals surface area contributed by atoms with Gasteiger partial charge < -0.3 is 9.09 Å². The van der Waals surface area contributed by atoms with Crippen molar-refractivity contribution in [3.8, 4) is 0 Å². The molecule has 0 bridgehead atoms. The Morgan fingerprint density at radius 2 is 2.04 bits per heavy atom. The highest BCUT2D eigenvalue weighted by Gasteiger charge is 2.30. The summed E-state index contributed by atoms with van der Waals surface area (Å²) in [6.07, 6.45) is 5.36. The minimum atomic E-state index is 0.188. The molecule has 2 aliphatic rings. The molecule has 4 heterocycles. The lowest BCUT2D eigenvalue weighted by Crippen LogP contribution is -2.35. The number of hydrogen-bond acceptors (Lipinski definition) is 6. The van der Waals surface area contributed by atoms with Gasteiger partial charge in [0.1, 0.15) is 11.6 Å². The third kappa shape index (κ3) is 2.67. The average molecular weight is 316 g/mol. The molecule has 7 nitrogen and oxygen atoms in total. The third-order valence-electron chi connectivity index (χ3n) is 5.24. The Hall–Kier alpha value is -1.76. The van der Waals surface area contributed by atoms with Crippen molar-refractivity contribution in [1.29, 1.82) is 0 Å². The number of nitrogens with zero attached hydrogens (tertiary/aromatic N) is 6. The summed E-state index contributed by atoms with van der Waals surface area (Å²) in [5, 5.41) is 12.8. The molecule has 23 heavy (non-hydrogen) atoms. The van der Waals surface area contributed by atoms with Crippen LogP contribution in [0, 0.1) is 0 Å². The number of piperidine rings is 1. The molecule has 0 aliphatic carbocycles. The molecule has 7 heteroatoms. The fourth-order valence-electron chi connectivity index (χ4n) is 3.76. The van der Waals surface area contributed by atoms with Gasteiger partial charge in [0.25, 0.3) is 0 Å². The Bertz CT molecular complexity index is 670. The Labute approximate surface area is 136 Å². The maximum Gasteiger partial charge on any atom is 0.243 e. The molecular weight excluding hydrogens is 292 g/mol. The molecule has 1 unspecified atom stereocenters. The van der Waals surface area contributed by atoms with Crippen LogP contribution in [-0.2, 0) is 19.4 Å². The zero-order valence-corrected chi connectivity index (χ0v) is 13.9. The molecule has 1 saturated heterocycles. The molecule has 1 fully saturated rings. The van der Waals surface area contributed by atoms with Crippen molar-refractivity contribution in [2.45, 2.75) is 64.5 Å². The molecule has 2 aromatic heterocycles. The van der Waals surface area contributed by atoms with Gasteiger partial charge in [0.15, 0.2) is 5.82 Å². The van der Waals surface area contributed by atoms with Crippen LogP contribution in [0.25, 0.3) is 0 Å². The Balaban J connectivity index is 1.40. The lowest BCUT2D eigenvalue weighted by atomic mass is 9.95. The second kappa shape index (κ2) is 6.03. The van der Waals surface area contributed by atoms with Crippen LogP contribution in [0.5, 0.6) is 0 Å². The fourth-order valence-corrected chi connectivity index (χ4v) is 3.76. The largest absolute Gasteiger partial charge is 0.338 e. The van der Waals surface area contributed by atoms with E-state index in [0.29, 0.717) is 5.92 Å². The van der Waals surface area contributed by atoms with E-state index >= 15 is 0 Å². The maximum absolute atomic E-state index is 5.40. The first-order valence-electron chi connectivity index (χ1n) is 8.74. The predicted octanol–water partition coefficient (Wildman–Crippen LogP) is 2.11. The van der Waals surface area contributed by atoms with Gasteiger partial charge in [-0.1, -0.05) is 12.1 Å². The van der Waals surface area contributed by atoms with Gasteiger partial charge in [-0.15, -0.1) is 10.2 Å². The number of aryl methyl sites for hydroxylation is 2. The van der Waals surface area contributed by atoms with E-state index in [-0.39, 0.29) is 6.04 Å². The lowest BCUT2D eigenvalue weighted by molar-refractivity contribution is 0.134. The van der Waals surface area contributed by atoms with Crippen molar-refractivity contribution in [1.82, 2.24) is 29.8 Å². The Morgan fingerprint density at radius 3 is 2.78 bits per heavy atom. The third-order valence-corrected chi connectivity index (χ3v) is 5.24. The van der Waals surface area contributed by atoms with Crippen LogP contribution in [0.4, 0.5) is 0 Å². The molecule has 0 saturated carbocycles. The van der Waals surface area contributed by atoms with Crippen LogP contribution in [0.15, 0.2) is 4.52 Å². The zero-order chi connectivity index (χ0) is 15.8. The summed E-state index contributed by atoms with van der Waals surface area (Å²) in [7, 11) is 0. The number of fused-ring (bicyclic) bond motifs is 1. The van der Waals surface area contributed by atoms with Gasteiger partial charge in [0.2, 0.25) is 5.89 Å². The van der Waals surface area contributed by atoms with E-state index in [2.05, 4.69) is 36.7 Å². The molecule has 2 aliphatic heterocycles. The van der Waals surface area contributed by atoms with Crippen LogP contribution in [0.3, 0.4) is 0 Å². The first kappa shape index (κ1) is 14.8. The van der Waals surface area contributed by atoms with Crippen LogP contribution < -0.4 is 0 Å². The Morgan fingerprint density at radius 1 is 1.22 bits per heavy atom. The molecule has 0 amide bonds. The van der Waals surface area contributed by atoms with Gasteiger partial charge in [-0.2, -0.15) is 4.98 Å². The van der Waals surface area contributed by atoms with Gasteiger partial charge in [-0.25, -0.2) is 0 Å². The maximum atomic E-state index is 5.40. The quantitative estimate of drug-likeness (QED) is 0.860. The molecule has 0 radical (unpaired) electrons. The highest BCUT2D eigenvalue weighted by atomic mass is 16.5. The molecule has 1 atom stereocenters. The summed E-state index contributed by atoms with van der Waals surface area (Å²) in [6.45, 7) is 7.37. The molecule has 0 aromatic carbocycles. The lowest BCUT2D eigenvalue weighted by Gasteiger charge is -2.34. The monoisotopic (exact) mass is 316 g/mol. The number of likely N-dealkylation sites (tertiary alicyclic amines) is 1. The van der Waals surface area contributed by atoms with Gasteiger partial charge in [-0.05, 0) is 39.3 Å². The number of rotatable bonds is 4. The van der Waals surface area contributed by atoms with Gasteiger partial charge in [-0.3, -0.25) is 4.90 Å². The van der Waals surface area contributed by atoms with Gasteiger partial charge in [0, 0.05) is 25.3 Å². The van der Waals surface area contributed by atoms with Crippen molar-refractivity contribution >= 4 is 0 Å². The normalized spacial score (nSPS) is 20.8. The summed E-state index contributed by atoms with van der Waals surface area (Å²) in [6, 6.07) is 0.188. The van der Waals surface area contributed by atoms with Crippen molar-refractivity contribution in [2.24, 2.45) is 0 Å². The standard InChI is InChI=1S/C16H24N6O/c1-3-13-17-16(23-20-13)11(2)21-9-6-12(7-10-21)15-19-18-14-5-4-8-22(14)15/h11-12H,3-10H2,1-2H3.